The summed E-state index contributed by atoms with van der Waals surface area (Å²) in [5, 5.41) is 10.7. The number of anilines is 1. The van der Waals surface area contributed by atoms with Gasteiger partial charge in [-0.05, 0) is 60.2 Å². The van der Waals surface area contributed by atoms with Crippen LogP contribution in [0.25, 0.3) is 22.6 Å². The summed E-state index contributed by atoms with van der Waals surface area (Å²) in [7, 11) is 3.99. The molecule has 7 heteroatoms. The first-order chi connectivity index (χ1) is 14.0. The molecule has 0 bridgehead atoms. The fourth-order valence-electron chi connectivity index (χ4n) is 2.85. The molecule has 144 valence electrons. The van der Waals surface area contributed by atoms with Crippen LogP contribution in [0, 0.1) is 10.1 Å². The predicted octanol–water partition coefficient (Wildman–Crippen LogP) is 5.22. The molecule has 0 unspecified atom stereocenters. The van der Waals surface area contributed by atoms with Crippen molar-refractivity contribution in [3.63, 3.8) is 0 Å². The summed E-state index contributed by atoms with van der Waals surface area (Å²) in [6.45, 7) is 0. The van der Waals surface area contributed by atoms with E-state index in [4.69, 9.17) is 4.42 Å². The Morgan fingerprint density at radius 1 is 1.03 bits per heavy atom. The highest BCUT2D eigenvalue weighted by Gasteiger charge is 2.09. The van der Waals surface area contributed by atoms with Crippen LogP contribution in [0.2, 0.25) is 0 Å². The lowest BCUT2D eigenvalue weighted by Crippen LogP contribution is -2.07. The first-order valence-corrected chi connectivity index (χ1v) is 8.96. The lowest BCUT2D eigenvalue weighted by molar-refractivity contribution is -0.384. The Hall–Kier alpha value is -4.00. The first-order valence-electron chi connectivity index (χ1n) is 8.96. The van der Waals surface area contributed by atoms with Crippen molar-refractivity contribution in [1.29, 1.82) is 0 Å². The molecule has 0 amide bonds. The Bertz CT molecular complexity index is 1190. The van der Waals surface area contributed by atoms with Crippen LogP contribution in [0.3, 0.4) is 0 Å². The number of fused-ring (bicyclic) bond motifs is 1. The van der Waals surface area contributed by atoms with Gasteiger partial charge >= 0.3 is 0 Å². The molecule has 7 nitrogen and oxygen atoms in total. The lowest BCUT2D eigenvalue weighted by atomic mass is 10.2. The van der Waals surface area contributed by atoms with E-state index in [0.717, 1.165) is 28.0 Å². The topological polar surface area (TPSA) is 84.8 Å². The molecule has 0 aliphatic carbocycles. The maximum Gasteiger partial charge on any atom is 0.269 e. The second-order valence-electron chi connectivity index (χ2n) is 6.72. The van der Waals surface area contributed by atoms with Crippen LogP contribution in [-0.4, -0.2) is 30.2 Å². The first kappa shape index (κ1) is 18.4. The molecule has 0 saturated heterocycles. The summed E-state index contributed by atoms with van der Waals surface area (Å²) < 4.78 is 5.87. The van der Waals surface area contributed by atoms with E-state index >= 15 is 0 Å². The average Bonchev–Trinajstić information content (AvgIpc) is 3.16. The Morgan fingerprint density at radius 3 is 2.41 bits per heavy atom. The highest BCUT2D eigenvalue weighted by Crippen LogP contribution is 2.28. The Balaban J connectivity index is 1.57. The number of oxazole rings is 1. The molecule has 0 spiro atoms. The quantitative estimate of drug-likeness (QED) is 0.267. The summed E-state index contributed by atoms with van der Waals surface area (Å²) in [6.07, 6.45) is 1.66. The molecule has 1 aromatic heterocycles. The highest BCUT2D eigenvalue weighted by molar-refractivity contribution is 5.85. The van der Waals surface area contributed by atoms with Gasteiger partial charge in [0.15, 0.2) is 5.58 Å². The van der Waals surface area contributed by atoms with Gasteiger partial charge in [-0.2, -0.15) is 0 Å². The van der Waals surface area contributed by atoms with Gasteiger partial charge in [-0.1, -0.05) is 0 Å². The Labute approximate surface area is 167 Å². The molecule has 0 aliphatic heterocycles. The summed E-state index contributed by atoms with van der Waals surface area (Å²) in [4.78, 5) is 21.3. The van der Waals surface area contributed by atoms with Crippen LogP contribution in [0.1, 0.15) is 5.56 Å². The third-order valence-corrected chi connectivity index (χ3v) is 4.47. The average molecular weight is 386 g/mol. The fraction of sp³-hybridized carbons (Fsp3) is 0.0909. The smallest absolute Gasteiger partial charge is 0.269 e. The van der Waals surface area contributed by atoms with Gasteiger partial charge in [0.1, 0.15) is 5.52 Å². The number of nitro benzene ring substituents is 1. The number of aliphatic imine (C=N–C) groups is 1. The van der Waals surface area contributed by atoms with E-state index in [9.17, 15) is 10.1 Å². The zero-order valence-electron chi connectivity index (χ0n) is 15.9. The number of benzene rings is 3. The van der Waals surface area contributed by atoms with E-state index in [-0.39, 0.29) is 5.69 Å². The molecule has 0 N–H and O–H groups in total. The van der Waals surface area contributed by atoms with Gasteiger partial charge in [0.25, 0.3) is 5.69 Å². The predicted molar refractivity (Wildman–Crippen MR) is 114 cm³/mol. The van der Waals surface area contributed by atoms with Crippen LogP contribution < -0.4 is 4.90 Å². The van der Waals surface area contributed by atoms with Crippen LogP contribution in [-0.2, 0) is 0 Å². The number of hydrogen-bond acceptors (Lipinski definition) is 6. The fourth-order valence-corrected chi connectivity index (χ4v) is 2.85. The molecular weight excluding hydrogens is 368 g/mol. The van der Waals surface area contributed by atoms with Crippen molar-refractivity contribution in [1.82, 2.24) is 4.98 Å². The molecule has 4 rings (SSSR count). The number of nitro groups is 1. The van der Waals surface area contributed by atoms with Crippen LogP contribution in [0.5, 0.6) is 0 Å². The molecule has 0 atom stereocenters. The third kappa shape index (κ3) is 3.98. The molecule has 0 fully saturated rings. The normalized spacial score (nSPS) is 11.2. The van der Waals surface area contributed by atoms with Gasteiger partial charge < -0.3 is 9.32 Å². The van der Waals surface area contributed by atoms with Crippen molar-refractivity contribution in [2.45, 2.75) is 0 Å². The molecule has 0 aliphatic rings. The van der Waals surface area contributed by atoms with E-state index in [2.05, 4.69) is 9.98 Å². The van der Waals surface area contributed by atoms with Gasteiger partial charge in [0.05, 0.1) is 10.6 Å². The van der Waals surface area contributed by atoms with Crippen molar-refractivity contribution < 1.29 is 9.34 Å². The zero-order valence-corrected chi connectivity index (χ0v) is 15.9. The van der Waals surface area contributed by atoms with E-state index < -0.39 is 4.92 Å². The zero-order chi connectivity index (χ0) is 20.4. The molecule has 0 radical (unpaired) electrons. The summed E-state index contributed by atoms with van der Waals surface area (Å²) in [6, 6.07) is 19.7. The second-order valence-corrected chi connectivity index (χ2v) is 6.72. The van der Waals surface area contributed by atoms with Gasteiger partial charge in [0.2, 0.25) is 5.89 Å². The summed E-state index contributed by atoms with van der Waals surface area (Å²) >= 11 is 0. The Morgan fingerprint density at radius 2 is 1.76 bits per heavy atom. The van der Waals surface area contributed by atoms with Crippen LogP contribution in [0.15, 0.2) is 76.1 Å². The standard InChI is InChI=1S/C22H18N4O3/c1-25(2)18-10-5-16(6-11-18)22-24-20-13-17(7-12-21(20)29-22)23-14-15-3-8-19(9-4-15)26(27)28/h3-14H,1-2H3/b23-14+. The molecule has 3 aromatic carbocycles. The number of nitrogens with zero attached hydrogens (tertiary/aromatic N) is 4. The van der Waals surface area contributed by atoms with Crippen molar-refractivity contribution in [3.8, 4) is 11.5 Å². The van der Waals surface area contributed by atoms with Crippen molar-refractivity contribution in [2.75, 3.05) is 19.0 Å². The SMILES string of the molecule is CN(C)c1ccc(-c2nc3cc(/N=C/c4ccc([N+](=O)[O-])cc4)ccc3o2)cc1. The second kappa shape index (κ2) is 7.55. The molecule has 1 heterocycles. The van der Waals surface area contributed by atoms with Gasteiger partial charge in [-0.15, -0.1) is 0 Å². The van der Waals surface area contributed by atoms with Crippen LogP contribution in [0.4, 0.5) is 17.1 Å². The van der Waals surface area contributed by atoms with Crippen molar-refractivity contribution >= 4 is 34.4 Å². The highest BCUT2D eigenvalue weighted by atomic mass is 16.6. The van der Waals surface area contributed by atoms with E-state index in [1.807, 2.05) is 61.5 Å². The van der Waals surface area contributed by atoms with Crippen LogP contribution >= 0.6 is 0 Å². The van der Waals surface area contributed by atoms with E-state index in [0.29, 0.717) is 11.5 Å². The number of non-ortho nitro benzene ring substituents is 1. The monoisotopic (exact) mass is 386 g/mol. The van der Waals surface area contributed by atoms with Gasteiger partial charge in [-0.25, -0.2) is 4.98 Å². The largest absolute Gasteiger partial charge is 0.436 e. The number of hydrogen-bond donors (Lipinski definition) is 0. The van der Waals surface area contributed by atoms with Gasteiger partial charge in [0, 0.05) is 43.7 Å². The lowest BCUT2D eigenvalue weighted by Gasteiger charge is -2.11. The number of aromatic nitrogens is 1. The van der Waals surface area contributed by atoms with Crippen molar-refractivity contribution in [2.24, 2.45) is 4.99 Å². The minimum atomic E-state index is -0.426. The molecular formula is C22H18N4O3. The minimum Gasteiger partial charge on any atom is -0.436 e. The van der Waals surface area contributed by atoms with E-state index in [1.54, 1.807) is 18.3 Å². The maximum absolute atomic E-state index is 10.7. The molecule has 4 aromatic rings. The van der Waals surface area contributed by atoms with E-state index in [1.165, 1.54) is 12.1 Å². The minimum absolute atomic E-state index is 0.0531. The third-order valence-electron chi connectivity index (χ3n) is 4.47. The Kier molecular flexibility index (Phi) is 4.78. The molecule has 0 saturated carbocycles. The van der Waals surface area contributed by atoms with Crippen molar-refractivity contribution in [3.05, 3.63) is 82.4 Å². The summed E-state index contributed by atoms with van der Waals surface area (Å²) in [5.41, 5.74) is 4.96. The van der Waals surface area contributed by atoms with Gasteiger partial charge in [-0.3, -0.25) is 15.1 Å². The summed E-state index contributed by atoms with van der Waals surface area (Å²) in [5.74, 6) is 0.557. The number of rotatable bonds is 5. The molecule has 29 heavy (non-hydrogen) atoms. The maximum atomic E-state index is 10.7.